The van der Waals surface area contributed by atoms with Crippen molar-refractivity contribution in [3.05, 3.63) is 43.0 Å². The lowest BCUT2D eigenvalue weighted by atomic mass is 9.93. The minimum absolute atomic E-state index is 0.0605. The summed E-state index contributed by atoms with van der Waals surface area (Å²) in [5.74, 6) is 0.859. The molecule has 1 aromatic heterocycles. The summed E-state index contributed by atoms with van der Waals surface area (Å²) in [6.07, 6.45) is 9.32. The number of allylic oxidation sites excluding steroid dienone is 2. The minimum atomic E-state index is 0.0605. The standard InChI is InChI=1S/C13H18N2/c1-6-8-9-15-10-11(13(3,4)5)14-12(15)7-2/h6-10H,1-2H2,3-5H3/b9-8-. The van der Waals surface area contributed by atoms with Crippen molar-refractivity contribution < 1.29 is 0 Å². The molecule has 0 fully saturated rings. The number of nitrogens with zero attached hydrogens (tertiary/aromatic N) is 2. The van der Waals surface area contributed by atoms with Crippen LogP contribution in [0.4, 0.5) is 0 Å². The highest BCUT2D eigenvalue weighted by molar-refractivity contribution is 5.45. The van der Waals surface area contributed by atoms with Crippen LogP contribution in [0.1, 0.15) is 32.3 Å². The molecule has 0 aliphatic carbocycles. The molecule has 0 saturated carbocycles. The van der Waals surface area contributed by atoms with Crippen molar-refractivity contribution in [1.82, 2.24) is 9.55 Å². The van der Waals surface area contributed by atoms with Crippen LogP contribution in [0, 0.1) is 0 Å². The van der Waals surface area contributed by atoms with Gasteiger partial charge in [0.25, 0.3) is 0 Å². The smallest absolute Gasteiger partial charge is 0.136 e. The molecule has 15 heavy (non-hydrogen) atoms. The third-order valence-corrected chi connectivity index (χ3v) is 2.09. The Bertz CT molecular complexity index is 389. The van der Waals surface area contributed by atoms with Crippen LogP contribution in [-0.4, -0.2) is 9.55 Å². The van der Waals surface area contributed by atoms with Crippen molar-refractivity contribution in [2.75, 3.05) is 0 Å². The van der Waals surface area contributed by atoms with E-state index in [4.69, 9.17) is 0 Å². The van der Waals surface area contributed by atoms with E-state index in [0.717, 1.165) is 11.5 Å². The number of rotatable bonds is 3. The topological polar surface area (TPSA) is 17.8 Å². The van der Waals surface area contributed by atoms with Crippen molar-refractivity contribution >= 4 is 12.3 Å². The summed E-state index contributed by atoms with van der Waals surface area (Å²) in [7, 11) is 0. The van der Waals surface area contributed by atoms with E-state index in [1.54, 1.807) is 12.2 Å². The van der Waals surface area contributed by atoms with Crippen molar-refractivity contribution in [3.8, 4) is 0 Å². The van der Waals surface area contributed by atoms with Crippen LogP contribution in [0.2, 0.25) is 0 Å². The van der Waals surface area contributed by atoms with Gasteiger partial charge in [-0.25, -0.2) is 4.98 Å². The van der Waals surface area contributed by atoms with Gasteiger partial charge in [-0.1, -0.05) is 40.0 Å². The summed E-state index contributed by atoms with van der Waals surface area (Å²) in [5.41, 5.74) is 1.12. The van der Waals surface area contributed by atoms with E-state index in [-0.39, 0.29) is 5.41 Å². The van der Waals surface area contributed by atoms with Gasteiger partial charge in [0, 0.05) is 17.8 Å². The van der Waals surface area contributed by atoms with E-state index >= 15 is 0 Å². The van der Waals surface area contributed by atoms with Gasteiger partial charge in [0.15, 0.2) is 0 Å². The quantitative estimate of drug-likeness (QED) is 0.686. The fraction of sp³-hybridized carbons (Fsp3) is 0.308. The first-order chi connectivity index (χ1) is 6.99. The average molecular weight is 202 g/mol. The van der Waals surface area contributed by atoms with E-state index in [1.165, 1.54) is 0 Å². The molecule has 0 atom stereocenters. The van der Waals surface area contributed by atoms with Crippen molar-refractivity contribution in [2.24, 2.45) is 0 Å². The predicted molar refractivity (Wildman–Crippen MR) is 66.5 cm³/mol. The number of hydrogen-bond acceptors (Lipinski definition) is 1. The Morgan fingerprint density at radius 1 is 1.33 bits per heavy atom. The molecule has 1 rings (SSSR count). The lowest BCUT2D eigenvalue weighted by molar-refractivity contribution is 0.572. The molecule has 1 aromatic rings. The van der Waals surface area contributed by atoms with Gasteiger partial charge in [-0.05, 0) is 12.2 Å². The molecule has 0 bridgehead atoms. The van der Waals surface area contributed by atoms with Crippen LogP contribution in [0.5, 0.6) is 0 Å². The lowest BCUT2D eigenvalue weighted by Crippen LogP contribution is -2.11. The molecule has 1 heterocycles. The molecule has 2 heteroatoms. The minimum Gasteiger partial charge on any atom is -0.307 e. The van der Waals surface area contributed by atoms with Gasteiger partial charge >= 0.3 is 0 Å². The second-order valence-corrected chi connectivity index (χ2v) is 4.42. The van der Waals surface area contributed by atoms with Gasteiger partial charge in [-0.3, -0.25) is 0 Å². The molecule has 0 radical (unpaired) electrons. The largest absolute Gasteiger partial charge is 0.307 e. The van der Waals surface area contributed by atoms with Crippen LogP contribution in [0.3, 0.4) is 0 Å². The van der Waals surface area contributed by atoms with Gasteiger partial charge < -0.3 is 4.57 Å². The molecule has 0 spiro atoms. The molecule has 2 nitrogen and oxygen atoms in total. The zero-order valence-electron chi connectivity index (χ0n) is 9.70. The van der Waals surface area contributed by atoms with E-state index in [0.29, 0.717) is 0 Å². The summed E-state index contributed by atoms with van der Waals surface area (Å²) in [5, 5.41) is 0. The van der Waals surface area contributed by atoms with E-state index < -0.39 is 0 Å². The summed E-state index contributed by atoms with van der Waals surface area (Å²) < 4.78 is 1.95. The zero-order valence-corrected chi connectivity index (χ0v) is 9.70. The molecule has 0 saturated heterocycles. The van der Waals surface area contributed by atoms with E-state index in [9.17, 15) is 0 Å². The summed E-state index contributed by atoms with van der Waals surface area (Å²) >= 11 is 0. The molecular weight excluding hydrogens is 184 g/mol. The molecule has 0 N–H and O–H groups in total. The first-order valence-electron chi connectivity index (χ1n) is 5.00. The Hall–Kier alpha value is -1.57. The van der Waals surface area contributed by atoms with E-state index in [1.807, 2.05) is 23.0 Å². The van der Waals surface area contributed by atoms with Crippen LogP contribution in [-0.2, 0) is 5.41 Å². The summed E-state index contributed by atoms with van der Waals surface area (Å²) in [6, 6.07) is 0. The molecule has 0 unspecified atom stereocenters. The number of aromatic nitrogens is 2. The van der Waals surface area contributed by atoms with Gasteiger partial charge in [-0.2, -0.15) is 0 Å². The molecule has 0 aliphatic heterocycles. The summed E-state index contributed by atoms with van der Waals surface area (Å²) in [4.78, 5) is 4.51. The first-order valence-corrected chi connectivity index (χ1v) is 5.00. The van der Waals surface area contributed by atoms with Gasteiger partial charge in [0.2, 0.25) is 0 Å². The zero-order chi connectivity index (χ0) is 11.5. The maximum atomic E-state index is 4.51. The van der Waals surface area contributed by atoms with Crippen LogP contribution in [0.25, 0.3) is 12.3 Å². The highest BCUT2D eigenvalue weighted by atomic mass is 15.1. The Morgan fingerprint density at radius 3 is 2.47 bits per heavy atom. The van der Waals surface area contributed by atoms with Crippen LogP contribution < -0.4 is 0 Å². The van der Waals surface area contributed by atoms with Crippen molar-refractivity contribution in [3.63, 3.8) is 0 Å². The number of imidazole rings is 1. The fourth-order valence-electron chi connectivity index (χ4n) is 1.19. The molecule has 0 aliphatic rings. The monoisotopic (exact) mass is 202 g/mol. The molecule has 80 valence electrons. The third kappa shape index (κ3) is 2.69. The van der Waals surface area contributed by atoms with Crippen molar-refractivity contribution in [2.45, 2.75) is 26.2 Å². The second-order valence-electron chi connectivity index (χ2n) is 4.42. The maximum absolute atomic E-state index is 4.51. The molecule has 0 aromatic carbocycles. The average Bonchev–Trinajstić information content (AvgIpc) is 2.57. The molecular formula is C13H18N2. The first kappa shape index (κ1) is 11.5. The highest BCUT2D eigenvalue weighted by Crippen LogP contribution is 2.21. The normalized spacial score (nSPS) is 11.9. The van der Waals surface area contributed by atoms with Gasteiger partial charge in [-0.15, -0.1) is 0 Å². The number of hydrogen-bond donors (Lipinski definition) is 0. The predicted octanol–water partition coefficient (Wildman–Crippen LogP) is 3.48. The highest BCUT2D eigenvalue weighted by Gasteiger charge is 2.17. The Morgan fingerprint density at radius 2 is 2.00 bits per heavy atom. The third-order valence-electron chi connectivity index (χ3n) is 2.09. The van der Waals surface area contributed by atoms with E-state index in [2.05, 4.69) is 38.9 Å². The summed E-state index contributed by atoms with van der Waals surface area (Å²) in [6.45, 7) is 13.8. The lowest BCUT2D eigenvalue weighted by Gasteiger charge is -2.13. The Balaban J connectivity index is 3.16. The van der Waals surface area contributed by atoms with Gasteiger partial charge in [0.05, 0.1) is 5.69 Å². The Labute approximate surface area is 91.7 Å². The SMILES string of the molecule is C=C/C=C\n1cc(C(C)(C)C)nc1C=C. The fourth-order valence-corrected chi connectivity index (χ4v) is 1.19. The Kier molecular flexibility index (Phi) is 3.30. The van der Waals surface area contributed by atoms with Gasteiger partial charge in [0.1, 0.15) is 5.82 Å². The van der Waals surface area contributed by atoms with Crippen LogP contribution >= 0.6 is 0 Å². The van der Waals surface area contributed by atoms with Crippen molar-refractivity contribution in [1.29, 1.82) is 0 Å². The second kappa shape index (κ2) is 4.30. The van der Waals surface area contributed by atoms with Crippen LogP contribution in [0.15, 0.2) is 31.5 Å². The maximum Gasteiger partial charge on any atom is 0.136 e. The molecule has 0 amide bonds.